The van der Waals surface area contributed by atoms with E-state index in [1.165, 1.54) is 18.2 Å². The van der Waals surface area contributed by atoms with Gasteiger partial charge in [0.15, 0.2) is 0 Å². The van der Waals surface area contributed by atoms with Gasteiger partial charge in [-0.05, 0) is 24.6 Å². The highest BCUT2D eigenvalue weighted by atomic mass is 19.4. The van der Waals surface area contributed by atoms with Crippen LogP contribution in [0, 0.1) is 0 Å². The summed E-state index contributed by atoms with van der Waals surface area (Å²) in [6.45, 7) is 5.80. The van der Waals surface area contributed by atoms with E-state index in [1.807, 2.05) is 4.90 Å². The number of allylic oxidation sites excluding steroid dienone is 1. The average molecular weight is 313 g/mol. The number of nitrogens with zero attached hydrogens (tertiary/aromatic N) is 1. The summed E-state index contributed by atoms with van der Waals surface area (Å²) in [5.74, 6) is -1.54. The molecule has 1 unspecified atom stereocenters. The predicted molar refractivity (Wildman–Crippen MR) is 85.8 cm³/mol. The van der Waals surface area contributed by atoms with Crippen molar-refractivity contribution in [3.8, 4) is 0 Å². The zero-order valence-electron chi connectivity index (χ0n) is 13.4. The molecule has 1 rings (SSSR count). The number of benzene rings is 1. The van der Waals surface area contributed by atoms with Crippen molar-refractivity contribution in [2.45, 2.75) is 51.6 Å². The minimum atomic E-state index is -4.26. The maximum absolute atomic E-state index is 13.3. The van der Waals surface area contributed by atoms with Crippen molar-refractivity contribution in [2.24, 2.45) is 0 Å². The Morgan fingerprint density at radius 3 is 2.00 bits per heavy atom. The molecule has 124 valence electrons. The fraction of sp³-hybridized carbons (Fsp3) is 0.556. The van der Waals surface area contributed by atoms with E-state index in [1.54, 1.807) is 24.4 Å². The van der Waals surface area contributed by atoms with E-state index >= 15 is 0 Å². The van der Waals surface area contributed by atoms with Crippen molar-refractivity contribution < 1.29 is 13.2 Å². The predicted octanol–water partition coefficient (Wildman–Crippen LogP) is 5.75. The zero-order chi connectivity index (χ0) is 16.4. The molecule has 0 amide bonds. The van der Waals surface area contributed by atoms with Gasteiger partial charge in [-0.1, -0.05) is 63.1 Å². The van der Waals surface area contributed by atoms with E-state index in [4.69, 9.17) is 0 Å². The second-order valence-corrected chi connectivity index (χ2v) is 5.51. The van der Waals surface area contributed by atoms with Crippen molar-refractivity contribution in [1.82, 2.24) is 4.90 Å². The van der Waals surface area contributed by atoms with E-state index in [2.05, 4.69) is 13.8 Å². The maximum Gasteiger partial charge on any atom is 0.399 e. The van der Waals surface area contributed by atoms with Crippen molar-refractivity contribution in [3.05, 3.63) is 48.2 Å². The molecular weight excluding hydrogens is 287 g/mol. The summed E-state index contributed by atoms with van der Waals surface area (Å²) in [7, 11) is 0. The minimum absolute atomic E-state index is 0.289. The Bertz CT molecular complexity index is 418. The molecule has 0 aromatic heterocycles. The second-order valence-electron chi connectivity index (χ2n) is 5.51. The Morgan fingerprint density at radius 1 is 1.00 bits per heavy atom. The highest BCUT2D eigenvalue weighted by Crippen LogP contribution is 2.35. The Morgan fingerprint density at radius 2 is 1.55 bits per heavy atom. The lowest BCUT2D eigenvalue weighted by atomic mass is 9.98. The van der Waals surface area contributed by atoms with Crippen molar-refractivity contribution >= 4 is 0 Å². The fourth-order valence-corrected chi connectivity index (χ4v) is 2.26. The van der Waals surface area contributed by atoms with Crippen LogP contribution in [0.5, 0.6) is 0 Å². The van der Waals surface area contributed by atoms with Crippen molar-refractivity contribution in [2.75, 3.05) is 13.1 Å². The monoisotopic (exact) mass is 313 g/mol. The summed E-state index contributed by atoms with van der Waals surface area (Å²) < 4.78 is 39.9. The third-order valence-corrected chi connectivity index (χ3v) is 3.60. The summed E-state index contributed by atoms with van der Waals surface area (Å²) in [5.41, 5.74) is 0.289. The van der Waals surface area contributed by atoms with Gasteiger partial charge < -0.3 is 4.90 Å². The van der Waals surface area contributed by atoms with E-state index in [9.17, 15) is 13.2 Å². The van der Waals surface area contributed by atoms with Gasteiger partial charge in [0, 0.05) is 13.1 Å². The Kier molecular flexibility index (Phi) is 8.07. The lowest BCUT2D eigenvalue weighted by molar-refractivity contribution is -0.139. The van der Waals surface area contributed by atoms with Gasteiger partial charge in [-0.2, -0.15) is 13.2 Å². The number of halogens is 3. The second kappa shape index (κ2) is 9.54. The molecule has 0 fully saturated rings. The first-order chi connectivity index (χ1) is 10.5. The number of hydrogen-bond donors (Lipinski definition) is 0. The van der Waals surface area contributed by atoms with Crippen LogP contribution >= 0.6 is 0 Å². The van der Waals surface area contributed by atoms with E-state index in [0.29, 0.717) is 0 Å². The molecule has 0 saturated heterocycles. The molecule has 0 N–H and O–H groups in total. The molecule has 4 heteroatoms. The molecule has 0 aliphatic heterocycles. The lowest BCUT2D eigenvalue weighted by Crippen LogP contribution is -2.23. The minimum Gasteiger partial charge on any atom is -0.378 e. The van der Waals surface area contributed by atoms with Crippen LogP contribution in [0.25, 0.3) is 0 Å². The maximum atomic E-state index is 13.3. The number of hydrogen-bond acceptors (Lipinski definition) is 1. The SMILES string of the molecule is CCCCN(/C=C/C(c1ccccc1)C(F)(F)F)CCCC. The van der Waals surface area contributed by atoms with E-state index < -0.39 is 12.1 Å². The molecule has 0 saturated carbocycles. The lowest BCUT2D eigenvalue weighted by Gasteiger charge is -2.22. The van der Waals surface area contributed by atoms with Crippen LogP contribution in [0.2, 0.25) is 0 Å². The van der Waals surface area contributed by atoms with Gasteiger partial charge in [0.25, 0.3) is 0 Å². The molecule has 22 heavy (non-hydrogen) atoms. The van der Waals surface area contributed by atoms with Crippen LogP contribution in [0.15, 0.2) is 42.6 Å². The summed E-state index contributed by atoms with van der Waals surface area (Å²) in [4.78, 5) is 2.01. The molecule has 1 aromatic rings. The van der Waals surface area contributed by atoms with Crippen LogP contribution < -0.4 is 0 Å². The Balaban J connectivity index is 2.85. The summed E-state index contributed by atoms with van der Waals surface area (Å²) in [6.07, 6.45) is 2.73. The van der Waals surface area contributed by atoms with Gasteiger partial charge in [0.1, 0.15) is 0 Å². The molecule has 0 aliphatic carbocycles. The van der Waals surface area contributed by atoms with Gasteiger partial charge in [0.2, 0.25) is 0 Å². The normalized spacial score (nSPS) is 13.5. The first-order valence-electron chi connectivity index (χ1n) is 8.03. The third kappa shape index (κ3) is 6.54. The largest absolute Gasteiger partial charge is 0.399 e. The summed E-state index contributed by atoms with van der Waals surface area (Å²) in [5, 5.41) is 0. The van der Waals surface area contributed by atoms with E-state index in [-0.39, 0.29) is 5.56 Å². The topological polar surface area (TPSA) is 3.24 Å². The van der Waals surface area contributed by atoms with Crippen LogP contribution in [-0.4, -0.2) is 24.2 Å². The zero-order valence-corrected chi connectivity index (χ0v) is 13.4. The number of rotatable bonds is 9. The van der Waals surface area contributed by atoms with Crippen molar-refractivity contribution in [3.63, 3.8) is 0 Å². The number of unbranched alkanes of at least 4 members (excludes halogenated alkanes) is 2. The quantitative estimate of drug-likeness (QED) is 0.561. The average Bonchev–Trinajstić information content (AvgIpc) is 2.49. The first-order valence-corrected chi connectivity index (χ1v) is 8.03. The molecule has 0 spiro atoms. The third-order valence-electron chi connectivity index (χ3n) is 3.60. The van der Waals surface area contributed by atoms with Gasteiger partial charge in [-0.3, -0.25) is 0 Å². The van der Waals surface area contributed by atoms with Crippen LogP contribution in [-0.2, 0) is 0 Å². The Hall–Kier alpha value is -1.45. The highest BCUT2D eigenvalue weighted by molar-refractivity contribution is 5.25. The van der Waals surface area contributed by atoms with Crippen LogP contribution in [0.4, 0.5) is 13.2 Å². The van der Waals surface area contributed by atoms with Gasteiger partial charge >= 0.3 is 6.18 Å². The molecule has 1 nitrogen and oxygen atoms in total. The van der Waals surface area contributed by atoms with Gasteiger partial charge in [0.05, 0.1) is 5.92 Å². The molecule has 0 radical (unpaired) electrons. The standard InChI is InChI=1S/C18H26F3N/c1-3-5-13-22(14-6-4-2)15-12-17(18(19,20)21)16-10-8-7-9-11-16/h7-12,15,17H,3-6,13-14H2,1-2H3/b15-12+. The molecular formula is C18H26F3N. The smallest absolute Gasteiger partial charge is 0.378 e. The molecule has 0 bridgehead atoms. The van der Waals surface area contributed by atoms with Gasteiger partial charge in [-0.15, -0.1) is 0 Å². The van der Waals surface area contributed by atoms with Crippen LogP contribution in [0.3, 0.4) is 0 Å². The van der Waals surface area contributed by atoms with Crippen LogP contribution in [0.1, 0.15) is 51.0 Å². The molecule has 0 aliphatic rings. The molecule has 1 aromatic carbocycles. The summed E-state index contributed by atoms with van der Waals surface area (Å²) in [6, 6.07) is 8.09. The van der Waals surface area contributed by atoms with E-state index in [0.717, 1.165) is 38.8 Å². The first kappa shape index (κ1) is 18.6. The summed E-state index contributed by atoms with van der Waals surface area (Å²) >= 11 is 0. The van der Waals surface area contributed by atoms with Gasteiger partial charge in [-0.25, -0.2) is 0 Å². The Labute approximate surface area is 131 Å². The highest BCUT2D eigenvalue weighted by Gasteiger charge is 2.38. The fourth-order valence-electron chi connectivity index (χ4n) is 2.26. The molecule has 1 atom stereocenters. The number of alkyl halides is 3. The molecule has 0 heterocycles. The van der Waals surface area contributed by atoms with Crippen molar-refractivity contribution in [1.29, 1.82) is 0 Å².